The summed E-state index contributed by atoms with van der Waals surface area (Å²) >= 11 is 0. The fraction of sp³-hybridized carbons (Fsp3) is 0.267. The zero-order valence-corrected chi connectivity index (χ0v) is 11.9. The summed E-state index contributed by atoms with van der Waals surface area (Å²) < 4.78 is 33.3. The van der Waals surface area contributed by atoms with Crippen LogP contribution >= 0.6 is 0 Å². The van der Waals surface area contributed by atoms with Gasteiger partial charge in [0, 0.05) is 23.7 Å². The maximum absolute atomic E-state index is 13.6. The topological polar surface area (TPSA) is 61.2 Å². The maximum atomic E-state index is 13.6. The van der Waals surface area contributed by atoms with E-state index in [1.807, 2.05) is 0 Å². The molecule has 0 spiro atoms. The van der Waals surface area contributed by atoms with E-state index in [4.69, 9.17) is 4.74 Å². The van der Waals surface area contributed by atoms with Crippen molar-refractivity contribution in [1.29, 1.82) is 0 Å². The third kappa shape index (κ3) is 3.36. The van der Waals surface area contributed by atoms with Gasteiger partial charge in [0.05, 0.1) is 13.2 Å². The number of carbonyl (C=O) groups excluding carboxylic acids is 2. The third-order valence-corrected chi connectivity index (χ3v) is 2.99. The molecule has 0 aliphatic heterocycles. The van der Waals surface area contributed by atoms with Crippen molar-refractivity contribution in [2.24, 2.45) is 0 Å². The summed E-state index contributed by atoms with van der Waals surface area (Å²) in [5.74, 6) is -2.08. The van der Waals surface area contributed by atoms with Gasteiger partial charge in [-0.2, -0.15) is 5.10 Å². The first-order valence-electron chi connectivity index (χ1n) is 6.66. The SMILES string of the molecule is CCOC(=O)c1nn(Cc2c(F)cccc2F)cc1CC=O. The van der Waals surface area contributed by atoms with Crippen LogP contribution in [0.5, 0.6) is 0 Å². The highest BCUT2D eigenvalue weighted by Gasteiger charge is 2.19. The summed E-state index contributed by atoms with van der Waals surface area (Å²) in [6.07, 6.45) is 1.99. The molecule has 0 saturated carbocycles. The first-order chi connectivity index (χ1) is 10.6. The molecule has 2 rings (SSSR count). The monoisotopic (exact) mass is 308 g/mol. The molecule has 1 aromatic heterocycles. The molecule has 0 aliphatic rings. The summed E-state index contributed by atoms with van der Waals surface area (Å²) in [7, 11) is 0. The normalized spacial score (nSPS) is 10.5. The largest absolute Gasteiger partial charge is 0.461 e. The number of nitrogens with zero attached hydrogens (tertiary/aromatic N) is 2. The van der Waals surface area contributed by atoms with Gasteiger partial charge in [0.2, 0.25) is 0 Å². The molecule has 7 heteroatoms. The molecule has 0 fully saturated rings. The number of halogens is 2. The van der Waals surface area contributed by atoms with Crippen LogP contribution in [0.15, 0.2) is 24.4 Å². The molecule has 2 aromatic rings. The van der Waals surface area contributed by atoms with Crippen LogP contribution in [0.25, 0.3) is 0 Å². The van der Waals surface area contributed by atoms with Crippen molar-refractivity contribution in [2.45, 2.75) is 19.9 Å². The molecular weight excluding hydrogens is 294 g/mol. The number of ether oxygens (including phenoxy) is 1. The van der Waals surface area contributed by atoms with Crippen molar-refractivity contribution in [3.63, 3.8) is 0 Å². The summed E-state index contributed by atoms with van der Waals surface area (Å²) in [5.41, 5.74) is 0.161. The Morgan fingerprint density at radius 2 is 2.05 bits per heavy atom. The van der Waals surface area contributed by atoms with E-state index in [2.05, 4.69) is 5.10 Å². The molecule has 0 saturated heterocycles. The predicted octanol–water partition coefficient (Wildman–Crippen LogP) is 2.13. The lowest BCUT2D eigenvalue weighted by atomic mass is 10.2. The minimum absolute atomic E-state index is 0.0225. The summed E-state index contributed by atoms with van der Waals surface area (Å²) in [5, 5.41) is 3.97. The van der Waals surface area contributed by atoms with Gasteiger partial charge in [-0.05, 0) is 19.1 Å². The molecule has 1 heterocycles. The van der Waals surface area contributed by atoms with Crippen molar-refractivity contribution < 1.29 is 23.1 Å². The Balaban J connectivity index is 2.34. The van der Waals surface area contributed by atoms with Crippen LogP contribution in [0.4, 0.5) is 8.78 Å². The van der Waals surface area contributed by atoms with Gasteiger partial charge in [-0.15, -0.1) is 0 Å². The van der Waals surface area contributed by atoms with Crippen LogP contribution in [0.2, 0.25) is 0 Å². The quantitative estimate of drug-likeness (QED) is 0.606. The van der Waals surface area contributed by atoms with Crippen molar-refractivity contribution in [3.8, 4) is 0 Å². The highest BCUT2D eigenvalue weighted by atomic mass is 19.1. The molecule has 116 valence electrons. The van der Waals surface area contributed by atoms with Gasteiger partial charge in [0.25, 0.3) is 0 Å². The molecule has 0 N–H and O–H groups in total. The Labute approximate surface area is 125 Å². The van der Waals surface area contributed by atoms with Gasteiger partial charge in [0.15, 0.2) is 5.69 Å². The summed E-state index contributed by atoms with van der Waals surface area (Å²) in [6.45, 7) is 1.61. The summed E-state index contributed by atoms with van der Waals surface area (Å²) in [6, 6.07) is 3.54. The molecule has 1 aromatic carbocycles. The fourth-order valence-electron chi connectivity index (χ4n) is 2.00. The van der Waals surface area contributed by atoms with E-state index in [0.717, 1.165) is 12.1 Å². The van der Waals surface area contributed by atoms with Crippen molar-refractivity contribution >= 4 is 12.3 Å². The van der Waals surface area contributed by atoms with Gasteiger partial charge >= 0.3 is 5.97 Å². The van der Waals surface area contributed by atoms with Gasteiger partial charge < -0.3 is 9.53 Å². The predicted molar refractivity (Wildman–Crippen MR) is 73.4 cm³/mol. The molecule has 0 unspecified atom stereocenters. The zero-order valence-electron chi connectivity index (χ0n) is 11.9. The number of hydrogen-bond donors (Lipinski definition) is 0. The van der Waals surface area contributed by atoms with Crippen LogP contribution in [0.1, 0.15) is 28.5 Å². The number of benzene rings is 1. The van der Waals surface area contributed by atoms with Crippen molar-refractivity contribution in [3.05, 3.63) is 52.9 Å². The van der Waals surface area contributed by atoms with Gasteiger partial charge in [-0.25, -0.2) is 13.6 Å². The Hall–Kier alpha value is -2.57. The van der Waals surface area contributed by atoms with E-state index in [1.54, 1.807) is 6.92 Å². The number of aromatic nitrogens is 2. The Morgan fingerprint density at radius 1 is 1.36 bits per heavy atom. The number of carbonyl (C=O) groups is 2. The van der Waals surface area contributed by atoms with E-state index >= 15 is 0 Å². The Bertz CT molecular complexity index is 678. The number of rotatable bonds is 6. The first-order valence-corrected chi connectivity index (χ1v) is 6.66. The standard InChI is InChI=1S/C15H14F2N2O3/c1-2-22-15(21)14-10(6-7-20)8-19(18-14)9-11-12(16)4-3-5-13(11)17/h3-5,7-8H,2,6,9H2,1H3. The minimum Gasteiger partial charge on any atom is -0.461 e. The lowest BCUT2D eigenvalue weighted by Crippen LogP contribution is -2.10. The average Bonchev–Trinajstić information content (AvgIpc) is 2.87. The fourth-order valence-corrected chi connectivity index (χ4v) is 2.00. The Morgan fingerprint density at radius 3 is 2.64 bits per heavy atom. The number of hydrogen-bond acceptors (Lipinski definition) is 4. The van der Waals surface area contributed by atoms with Crippen LogP contribution < -0.4 is 0 Å². The second-order valence-corrected chi connectivity index (χ2v) is 4.49. The minimum atomic E-state index is -0.704. The Kier molecular flexibility index (Phi) is 4.98. The molecule has 0 bridgehead atoms. The molecule has 22 heavy (non-hydrogen) atoms. The van der Waals surface area contributed by atoms with Crippen molar-refractivity contribution in [2.75, 3.05) is 6.61 Å². The highest BCUT2D eigenvalue weighted by Crippen LogP contribution is 2.15. The van der Waals surface area contributed by atoms with Crippen LogP contribution in [-0.2, 0) is 22.5 Å². The summed E-state index contributed by atoms with van der Waals surface area (Å²) in [4.78, 5) is 22.5. The molecule has 0 aliphatic carbocycles. The molecule has 0 amide bonds. The van der Waals surface area contributed by atoms with Crippen molar-refractivity contribution in [1.82, 2.24) is 9.78 Å². The highest BCUT2D eigenvalue weighted by molar-refractivity contribution is 5.89. The van der Waals surface area contributed by atoms with Gasteiger partial charge in [-0.1, -0.05) is 6.07 Å². The van der Waals surface area contributed by atoms with Gasteiger partial charge in [-0.3, -0.25) is 4.68 Å². The van der Waals surface area contributed by atoms with E-state index < -0.39 is 17.6 Å². The second-order valence-electron chi connectivity index (χ2n) is 4.49. The smallest absolute Gasteiger partial charge is 0.359 e. The van der Waals surface area contributed by atoms with Gasteiger partial charge in [0.1, 0.15) is 17.9 Å². The van der Waals surface area contributed by atoms with Crippen LogP contribution in [-0.4, -0.2) is 28.6 Å². The zero-order chi connectivity index (χ0) is 16.1. The molecular formula is C15H14F2N2O3. The van der Waals surface area contributed by atoms with E-state index in [0.29, 0.717) is 11.8 Å². The second kappa shape index (κ2) is 6.93. The molecule has 0 radical (unpaired) electrons. The number of aldehydes is 1. The van der Waals surface area contributed by atoms with E-state index in [1.165, 1.54) is 16.9 Å². The molecule has 0 atom stereocenters. The first kappa shape index (κ1) is 15.8. The lowest BCUT2D eigenvalue weighted by molar-refractivity contribution is -0.107. The van der Waals surface area contributed by atoms with E-state index in [-0.39, 0.29) is 30.8 Å². The van der Waals surface area contributed by atoms with Crippen LogP contribution in [0.3, 0.4) is 0 Å². The van der Waals surface area contributed by atoms with E-state index in [9.17, 15) is 18.4 Å². The third-order valence-electron chi connectivity index (χ3n) is 2.99. The maximum Gasteiger partial charge on any atom is 0.359 e. The van der Waals surface area contributed by atoms with Crippen LogP contribution in [0, 0.1) is 11.6 Å². The average molecular weight is 308 g/mol. The number of esters is 1. The lowest BCUT2D eigenvalue weighted by Gasteiger charge is -2.04. The molecule has 5 nitrogen and oxygen atoms in total.